The molecule has 0 aliphatic heterocycles. The van der Waals surface area contributed by atoms with Crippen LogP contribution in [0, 0.1) is 6.92 Å². The molecule has 0 aliphatic carbocycles. The first-order valence-electron chi connectivity index (χ1n) is 4.66. The largest absolute Gasteiger partial charge is 0.504 e. The summed E-state index contributed by atoms with van der Waals surface area (Å²) in [6, 6.07) is 2.55. The maximum atomic E-state index is 11.9. The summed E-state index contributed by atoms with van der Waals surface area (Å²) in [5.41, 5.74) is 0.132. The van der Waals surface area contributed by atoms with Crippen molar-refractivity contribution in [1.82, 2.24) is 4.98 Å². The van der Waals surface area contributed by atoms with Gasteiger partial charge in [0.15, 0.2) is 5.75 Å². The standard InChI is InChI=1S/C11H7Br2NO3/c1-4-2-5-8(10(13)9(4)12)11(17)6(15)3-7(16)14-5/h2-3H,1H3,(H,14,16)(H,15,17). The van der Waals surface area contributed by atoms with Crippen LogP contribution in [-0.2, 0) is 0 Å². The molecule has 0 saturated carbocycles. The van der Waals surface area contributed by atoms with E-state index in [4.69, 9.17) is 0 Å². The quantitative estimate of drug-likeness (QED) is 0.758. The number of aromatic amines is 1. The lowest BCUT2D eigenvalue weighted by Crippen LogP contribution is -1.99. The lowest BCUT2D eigenvalue weighted by Gasteiger charge is -2.03. The van der Waals surface area contributed by atoms with E-state index < -0.39 is 16.7 Å². The Balaban J connectivity index is 3.22. The fourth-order valence-electron chi connectivity index (χ4n) is 1.56. The van der Waals surface area contributed by atoms with Crippen LogP contribution in [0.15, 0.2) is 30.7 Å². The number of aromatic nitrogens is 1. The summed E-state index contributed by atoms with van der Waals surface area (Å²) in [4.78, 5) is 25.8. The minimum atomic E-state index is -0.592. The Bertz CT molecular complexity index is 737. The SMILES string of the molecule is Cc1cc2[nH]c(=O)cc(O)c(=O)c2c(Br)c1Br. The Hall–Kier alpha value is -1.14. The molecule has 0 amide bonds. The van der Waals surface area contributed by atoms with Crippen LogP contribution in [0.5, 0.6) is 5.75 Å². The second kappa shape index (κ2) is 4.27. The maximum absolute atomic E-state index is 11.9. The van der Waals surface area contributed by atoms with E-state index in [0.29, 0.717) is 14.5 Å². The van der Waals surface area contributed by atoms with Crippen molar-refractivity contribution >= 4 is 42.8 Å². The van der Waals surface area contributed by atoms with Crippen LogP contribution in [0.1, 0.15) is 5.56 Å². The van der Waals surface area contributed by atoms with Crippen molar-refractivity contribution < 1.29 is 5.11 Å². The number of halogens is 2. The van der Waals surface area contributed by atoms with Gasteiger partial charge in [-0.05, 0) is 50.4 Å². The van der Waals surface area contributed by atoms with Crippen LogP contribution >= 0.6 is 31.9 Å². The predicted molar refractivity (Wildman–Crippen MR) is 72.6 cm³/mol. The molecule has 2 aromatic rings. The molecule has 0 aliphatic rings. The predicted octanol–water partition coefficient (Wildman–Crippen LogP) is 2.43. The third-order valence-electron chi connectivity index (χ3n) is 2.37. The Morgan fingerprint density at radius 1 is 1.18 bits per heavy atom. The van der Waals surface area contributed by atoms with Gasteiger partial charge in [0.1, 0.15) is 0 Å². The zero-order valence-electron chi connectivity index (χ0n) is 8.67. The van der Waals surface area contributed by atoms with Gasteiger partial charge >= 0.3 is 0 Å². The smallest absolute Gasteiger partial charge is 0.252 e. The fourth-order valence-corrected chi connectivity index (χ4v) is 2.58. The maximum Gasteiger partial charge on any atom is 0.252 e. The molecule has 6 heteroatoms. The highest BCUT2D eigenvalue weighted by molar-refractivity contribution is 9.13. The molecule has 0 radical (unpaired) electrons. The molecular formula is C11H7Br2NO3. The minimum absolute atomic E-state index is 0.238. The molecule has 2 rings (SSSR count). The highest BCUT2D eigenvalue weighted by Gasteiger charge is 2.12. The molecular weight excluding hydrogens is 354 g/mol. The third kappa shape index (κ3) is 2.02. The van der Waals surface area contributed by atoms with E-state index in [1.807, 2.05) is 6.92 Å². The van der Waals surface area contributed by atoms with Crippen molar-refractivity contribution in [2.24, 2.45) is 0 Å². The van der Waals surface area contributed by atoms with Crippen molar-refractivity contribution in [3.8, 4) is 5.75 Å². The van der Waals surface area contributed by atoms with Gasteiger partial charge in [-0.2, -0.15) is 0 Å². The van der Waals surface area contributed by atoms with E-state index >= 15 is 0 Å². The van der Waals surface area contributed by atoms with Gasteiger partial charge in [0.05, 0.1) is 10.9 Å². The molecule has 1 aromatic carbocycles. The van der Waals surface area contributed by atoms with Gasteiger partial charge in [0.25, 0.3) is 5.56 Å². The summed E-state index contributed by atoms with van der Waals surface area (Å²) >= 11 is 6.62. The van der Waals surface area contributed by atoms with Gasteiger partial charge in [-0.25, -0.2) is 0 Å². The molecule has 0 spiro atoms. The van der Waals surface area contributed by atoms with E-state index in [0.717, 1.165) is 11.6 Å². The van der Waals surface area contributed by atoms with Crippen molar-refractivity contribution in [1.29, 1.82) is 0 Å². The van der Waals surface area contributed by atoms with Crippen LogP contribution in [0.25, 0.3) is 10.9 Å². The summed E-state index contributed by atoms with van der Waals surface area (Å²) in [7, 11) is 0. The summed E-state index contributed by atoms with van der Waals surface area (Å²) in [6.07, 6.45) is 0. The van der Waals surface area contributed by atoms with Crippen molar-refractivity contribution in [3.05, 3.63) is 47.2 Å². The van der Waals surface area contributed by atoms with Gasteiger partial charge in [-0.15, -0.1) is 0 Å². The lowest BCUT2D eigenvalue weighted by molar-refractivity contribution is 0.471. The second-order valence-corrected chi connectivity index (χ2v) is 5.18. The van der Waals surface area contributed by atoms with E-state index in [1.165, 1.54) is 0 Å². The van der Waals surface area contributed by atoms with Gasteiger partial charge in [0.2, 0.25) is 5.43 Å². The number of hydrogen-bond acceptors (Lipinski definition) is 3. The summed E-state index contributed by atoms with van der Waals surface area (Å²) in [5, 5.41) is 9.71. The average molecular weight is 361 g/mol. The number of aromatic hydroxyl groups is 1. The van der Waals surface area contributed by atoms with Crippen LogP contribution in [0.4, 0.5) is 0 Å². The van der Waals surface area contributed by atoms with Crippen molar-refractivity contribution in [3.63, 3.8) is 0 Å². The number of aryl methyl sites for hydroxylation is 1. The summed E-state index contributed by atoms with van der Waals surface area (Å²) in [5.74, 6) is -0.572. The van der Waals surface area contributed by atoms with Gasteiger partial charge in [-0.3, -0.25) is 9.59 Å². The summed E-state index contributed by atoms with van der Waals surface area (Å²) < 4.78 is 1.23. The molecule has 17 heavy (non-hydrogen) atoms. The third-order valence-corrected chi connectivity index (χ3v) is 4.72. The Morgan fingerprint density at radius 3 is 2.47 bits per heavy atom. The number of rotatable bonds is 0. The normalized spacial score (nSPS) is 10.8. The molecule has 2 N–H and O–H groups in total. The zero-order chi connectivity index (χ0) is 12.7. The van der Waals surface area contributed by atoms with Crippen molar-refractivity contribution in [2.45, 2.75) is 6.92 Å². The molecule has 0 bridgehead atoms. The van der Waals surface area contributed by atoms with Crippen LogP contribution in [0.2, 0.25) is 0 Å². The number of nitrogens with one attached hydrogen (secondary N) is 1. The number of fused-ring (bicyclic) bond motifs is 1. The molecule has 4 nitrogen and oxygen atoms in total. The zero-order valence-corrected chi connectivity index (χ0v) is 11.8. The van der Waals surface area contributed by atoms with E-state index in [1.54, 1.807) is 6.07 Å². The van der Waals surface area contributed by atoms with E-state index in [2.05, 4.69) is 36.8 Å². The Morgan fingerprint density at radius 2 is 1.82 bits per heavy atom. The van der Waals surface area contributed by atoms with Crippen LogP contribution in [0.3, 0.4) is 0 Å². The molecule has 88 valence electrons. The topological polar surface area (TPSA) is 70.2 Å². The minimum Gasteiger partial charge on any atom is -0.504 e. The van der Waals surface area contributed by atoms with Crippen LogP contribution in [-0.4, -0.2) is 10.1 Å². The average Bonchev–Trinajstić information content (AvgIpc) is 2.34. The van der Waals surface area contributed by atoms with Gasteiger partial charge in [-0.1, -0.05) is 0 Å². The highest BCUT2D eigenvalue weighted by Crippen LogP contribution is 2.31. The number of H-pyrrole nitrogens is 1. The first-order valence-corrected chi connectivity index (χ1v) is 6.25. The lowest BCUT2D eigenvalue weighted by atomic mass is 10.1. The molecule has 1 heterocycles. The number of benzene rings is 1. The number of hydrogen-bond donors (Lipinski definition) is 2. The monoisotopic (exact) mass is 359 g/mol. The van der Waals surface area contributed by atoms with Crippen molar-refractivity contribution in [2.75, 3.05) is 0 Å². The fraction of sp³-hybridized carbons (Fsp3) is 0.0909. The van der Waals surface area contributed by atoms with E-state index in [-0.39, 0.29) is 5.39 Å². The summed E-state index contributed by atoms with van der Waals surface area (Å²) in [6.45, 7) is 1.84. The second-order valence-electron chi connectivity index (χ2n) is 3.59. The first-order chi connectivity index (χ1) is 7.91. The van der Waals surface area contributed by atoms with E-state index in [9.17, 15) is 14.7 Å². The Labute approximate surface area is 113 Å². The first kappa shape index (κ1) is 12.3. The Kier molecular flexibility index (Phi) is 3.09. The highest BCUT2D eigenvalue weighted by atomic mass is 79.9. The molecule has 1 aromatic heterocycles. The molecule has 0 atom stereocenters. The van der Waals surface area contributed by atoms with Crippen LogP contribution < -0.4 is 11.0 Å². The molecule has 0 saturated heterocycles. The van der Waals surface area contributed by atoms with Gasteiger partial charge in [0, 0.05) is 15.0 Å². The van der Waals surface area contributed by atoms with Gasteiger partial charge < -0.3 is 10.1 Å². The molecule has 0 unspecified atom stereocenters. The molecule has 0 fully saturated rings.